The lowest BCUT2D eigenvalue weighted by Gasteiger charge is -2.18. The molecule has 1 heterocycles. The minimum atomic E-state index is 0.597. The Morgan fingerprint density at radius 3 is 2.92 bits per heavy atom. The highest BCUT2D eigenvalue weighted by atomic mass is 127. The molecule has 1 rings (SSSR count). The number of anilines is 1. The Kier molecular flexibility index (Phi) is 3.57. The van der Waals surface area contributed by atoms with Crippen molar-refractivity contribution in [3.05, 3.63) is 21.4 Å². The summed E-state index contributed by atoms with van der Waals surface area (Å²) < 4.78 is 0.909. The molecule has 4 nitrogen and oxygen atoms in total. The summed E-state index contributed by atoms with van der Waals surface area (Å²) in [5, 5.41) is 11.8. The summed E-state index contributed by atoms with van der Waals surface area (Å²) in [7, 11) is 3.60. The molecule has 0 aliphatic rings. The zero-order chi connectivity index (χ0) is 9.84. The van der Waals surface area contributed by atoms with Crippen LogP contribution in [0.15, 0.2) is 12.3 Å². The largest absolute Gasteiger partial charge is 0.357 e. The molecule has 0 spiro atoms. The smallest absolute Gasteiger partial charge is 0.240 e. The molecule has 0 saturated heterocycles. The van der Waals surface area contributed by atoms with Crippen molar-refractivity contribution in [2.75, 3.05) is 4.92 Å². The molecule has 0 bridgehead atoms. The second-order valence-electron chi connectivity index (χ2n) is 2.39. The van der Waals surface area contributed by atoms with Gasteiger partial charge in [0.25, 0.3) is 0 Å². The second-order valence-corrected chi connectivity index (χ2v) is 3.55. The van der Waals surface area contributed by atoms with Crippen molar-refractivity contribution in [3.8, 4) is 6.07 Å². The molecule has 0 aliphatic carbocycles. The van der Waals surface area contributed by atoms with E-state index < -0.39 is 0 Å². The molecule has 0 aliphatic heterocycles. The minimum absolute atomic E-state index is 0.597. The summed E-state index contributed by atoms with van der Waals surface area (Å²) in [5.74, 6) is 0.650. The summed E-state index contributed by atoms with van der Waals surface area (Å²) in [4.78, 5) is 5.83. The monoisotopic (exact) mass is 284 g/mol. The van der Waals surface area contributed by atoms with E-state index in [0.717, 1.165) is 3.57 Å². The zero-order valence-corrected chi connectivity index (χ0v) is 9.53. The Labute approximate surface area is 92.3 Å². The third kappa shape index (κ3) is 2.14. The third-order valence-electron chi connectivity index (χ3n) is 1.65. The molecule has 0 atom stereocenters. The van der Waals surface area contributed by atoms with Crippen molar-refractivity contribution in [1.82, 2.24) is 10.3 Å². The average molecular weight is 284 g/mol. The quantitative estimate of drug-likeness (QED) is 0.428. The van der Waals surface area contributed by atoms with Gasteiger partial charge in [-0.15, -0.1) is 0 Å². The fourth-order valence-corrected chi connectivity index (χ4v) is 1.41. The van der Waals surface area contributed by atoms with E-state index in [-0.39, 0.29) is 0 Å². The summed E-state index contributed by atoms with van der Waals surface area (Å²) >= 11 is 2.12. The number of nitriles is 1. The molecular weight excluding hydrogens is 277 g/mol. The van der Waals surface area contributed by atoms with Gasteiger partial charge < -0.3 is 4.92 Å². The van der Waals surface area contributed by atoms with Gasteiger partial charge in [-0.3, -0.25) is 5.34 Å². The van der Waals surface area contributed by atoms with E-state index in [0.29, 0.717) is 11.4 Å². The Bertz CT molecular complexity index is 351. The zero-order valence-electron chi connectivity index (χ0n) is 7.37. The number of pyridine rings is 1. The van der Waals surface area contributed by atoms with Gasteiger partial charge in [-0.25, -0.2) is 4.98 Å². The first-order valence-corrected chi connectivity index (χ1v) is 4.74. The van der Waals surface area contributed by atoms with Gasteiger partial charge in [-0.2, -0.15) is 5.26 Å². The molecule has 1 aromatic rings. The molecule has 0 aromatic carbocycles. The van der Waals surface area contributed by atoms with Crippen LogP contribution in [0.4, 0.5) is 5.82 Å². The minimum Gasteiger partial charge on any atom is -0.357 e. The first-order chi connectivity index (χ1) is 6.20. The average Bonchev–Trinajstić information content (AvgIpc) is 2.16. The van der Waals surface area contributed by atoms with Crippen molar-refractivity contribution >= 4 is 44.4 Å². The lowest BCUT2D eigenvalue weighted by molar-refractivity contribution is 1.01. The number of hydrogen-bond acceptors (Lipinski definition) is 4. The van der Waals surface area contributed by atoms with Gasteiger partial charge in [-0.1, -0.05) is 0 Å². The molecule has 0 saturated carbocycles. The van der Waals surface area contributed by atoms with Crippen LogP contribution < -0.4 is 10.3 Å². The molecule has 0 fully saturated rings. The molecular formula is C6H7B2IN4. The maximum atomic E-state index is 8.89. The van der Waals surface area contributed by atoms with Crippen LogP contribution in [-0.4, -0.2) is 20.9 Å². The van der Waals surface area contributed by atoms with Crippen molar-refractivity contribution in [3.63, 3.8) is 0 Å². The molecule has 7 heteroatoms. The van der Waals surface area contributed by atoms with E-state index in [9.17, 15) is 0 Å². The summed E-state index contributed by atoms with van der Waals surface area (Å²) in [6.07, 6.45) is 1.69. The Morgan fingerprint density at radius 2 is 2.38 bits per heavy atom. The van der Waals surface area contributed by atoms with Crippen molar-refractivity contribution in [2.45, 2.75) is 0 Å². The Morgan fingerprint density at radius 1 is 1.69 bits per heavy atom. The lowest BCUT2D eigenvalue weighted by atomic mass is 10.2. The van der Waals surface area contributed by atoms with Crippen molar-refractivity contribution in [2.24, 2.45) is 0 Å². The standard InChI is InChI=1S/C6H7B2IN4/c7-12-13(8)6-4(3-10)5(9)1-2-11-6/h1-2,12H,7-8H2. The van der Waals surface area contributed by atoms with Gasteiger partial charge in [0.15, 0.2) is 0 Å². The van der Waals surface area contributed by atoms with Crippen LogP contribution in [0.3, 0.4) is 0 Å². The molecule has 0 amide bonds. The highest BCUT2D eigenvalue weighted by Crippen LogP contribution is 2.19. The fourth-order valence-electron chi connectivity index (χ4n) is 0.892. The van der Waals surface area contributed by atoms with Crippen LogP contribution >= 0.6 is 22.6 Å². The van der Waals surface area contributed by atoms with E-state index in [1.165, 1.54) is 0 Å². The topological polar surface area (TPSA) is 52.0 Å². The number of hydrazine groups is 1. The first-order valence-electron chi connectivity index (χ1n) is 3.66. The third-order valence-corrected chi connectivity index (χ3v) is 2.54. The molecule has 1 aromatic heterocycles. The van der Waals surface area contributed by atoms with Crippen LogP contribution in [0.25, 0.3) is 0 Å². The van der Waals surface area contributed by atoms with E-state index >= 15 is 0 Å². The van der Waals surface area contributed by atoms with E-state index in [2.05, 4.69) is 39.0 Å². The maximum absolute atomic E-state index is 8.89. The van der Waals surface area contributed by atoms with E-state index in [1.807, 2.05) is 14.0 Å². The fraction of sp³-hybridized carbons (Fsp3) is 0. The van der Waals surface area contributed by atoms with Crippen molar-refractivity contribution < 1.29 is 0 Å². The van der Waals surface area contributed by atoms with Gasteiger partial charge >= 0.3 is 0 Å². The predicted octanol–water partition coefficient (Wildman–Crippen LogP) is -1.03. The van der Waals surface area contributed by atoms with Crippen LogP contribution in [-0.2, 0) is 0 Å². The second kappa shape index (κ2) is 4.48. The molecule has 64 valence electrons. The van der Waals surface area contributed by atoms with Crippen LogP contribution in [0.5, 0.6) is 0 Å². The Hall–Kier alpha value is -0.740. The SMILES string of the molecule is BNN(B)c1nccc(I)c1C#N. The number of hydrogen-bond donors (Lipinski definition) is 1. The first kappa shape index (κ1) is 10.3. The summed E-state index contributed by atoms with van der Waals surface area (Å²) in [5.41, 5.74) is 0.597. The van der Waals surface area contributed by atoms with E-state index in [4.69, 9.17) is 5.26 Å². The predicted molar refractivity (Wildman–Crippen MR) is 64.4 cm³/mol. The summed E-state index contributed by atoms with van der Waals surface area (Å²) in [6.45, 7) is 0. The van der Waals surface area contributed by atoms with E-state index in [1.54, 1.807) is 19.1 Å². The number of rotatable bonds is 2. The molecule has 1 N–H and O–H groups in total. The highest BCUT2D eigenvalue weighted by Gasteiger charge is 2.09. The van der Waals surface area contributed by atoms with Gasteiger partial charge in [0.05, 0.1) is 0 Å². The summed E-state index contributed by atoms with van der Waals surface area (Å²) in [6, 6.07) is 3.94. The Balaban J connectivity index is 3.22. The van der Waals surface area contributed by atoms with Crippen LogP contribution in [0.1, 0.15) is 5.56 Å². The van der Waals surface area contributed by atoms with Gasteiger partial charge in [0.1, 0.15) is 17.5 Å². The van der Waals surface area contributed by atoms with Gasteiger partial charge in [0.2, 0.25) is 16.0 Å². The molecule has 13 heavy (non-hydrogen) atoms. The number of nitrogens with one attached hydrogen (secondary N) is 1. The molecule has 0 radical (unpaired) electrons. The number of nitrogens with zero attached hydrogens (tertiary/aromatic N) is 3. The van der Waals surface area contributed by atoms with Gasteiger partial charge in [0, 0.05) is 9.77 Å². The van der Waals surface area contributed by atoms with Gasteiger partial charge in [-0.05, 0) is 28.7 Å². The van der Waals surface area contributed by atoms with Crippen LogP contribution in [0.2, 0.25) is 0 Å². The highest BCUT2D eigenvalue weighted by molar-refractivity contribution is 14.1. The van der Waals surface area contributed by atoms with Crippen molar-refractivity contribution in [1.29, 1.82) is 5.26 Å². The molecule has 0 unspecified atom stereocenters. The number of halogens is 1. The normalized spacial score (nSPS) is 9.23. The van der Waals surface area contributed by atoms with Crippen LogP contribution in [0, 0.1) is 14.9 Å². The number of aromatic nitrogens is 1. The maximum Gasteiger partial charge on any atom is 0.240 e. The lowest BCUT2D eigenvalue weighted by Crippen LogP contribution is -2.34.